The normalized spacial score (nSPS) is 18.4. The van der Waals surface area contributed by atoms with Crippen molar-refractivity contribution in [3.05, 3.63) is 29.8 Å². The average Bonchev–Trinajstić information content (AvgIpc) is 3.53. The Morgan fingerprint density at radius 1 is 0.506 bits per heavy atom. The van der Waals surface area contributed by atoms with Crippen molar-refractivity contribution in [3.8, 4) is 5.75 Å². The lowest BCUT2D eigenvalue weighted by molar-refractivity contribution is -0.325. The van der Waals surface area contributed by atoms with Crippen LogP contribution in [0, 0.1) is 0 Å². The first-order valence-electron chi connectivity index (χ1n) is 34.0. The van der Waals surface area contributed by atoms with Gasteiger partial charge in [-0.1, -0.05) is 221 Å². The van der Waals surface area contributed by atoms with Crippen molar-refractivity contribution >= 4 is 11.8 Å². The number of para-hydroxylation sites is 1. The van der Waals surface area contributed by atoms with E-state index >= 15 is 0 Å². The summed E-state index contributed by atoms with van der Waals surface area (Å²) in [4.78, 5) is 27.0. The number of nitrogens with one attached hydrogen (secondary N) is 2. The van der Waals surface area contributed by atoms with Gasteiger partial charge in [0, 0.05) is 52.6 Å². The minimum absolute atomic E-state index is 0.0100. The van der Waals surface area contributed by atoms with E-state index < -0.39 is 42.9 Å². The maximum Gasteiger partial charge on any atom is 0.255 e. The lowest BCUT2D eigenvalue weighted by Gasteiger charge is -2.46. The van der Waals surface area contributed by atoms with Gasteiger partial charge in [-0.3, -0.25) is 9.59 Å². The van der Waals surface area contributed by atoms with Crippen LogP contribution in [-0.2, 0) is 42.7 Å². The van der Waals surface area contributed by atoms with E-state index in [-0.39, 0.29) is 24.5 Å². The predicted octanol–water partition coefficient (Wildman–Crippen LogP) is 16.4. The molecule has 2 amide bonds. The quantitative estimate of drug-likeness (QED) is 0.0602. The average molecular weight is 1150 g/mol. The van der Waals surface area contributed by atoms with Gasteiger partial charge in [0.05, 0.1) is 38.0 Å². The Hall–Kier alpha value is -2.36. The zero-order valence-corrected chi connectivity index (χ0v) is 53.5. The van der Waals surface area contributed by atoms with Crippen LogP contribution in [0.3, 0.4) is 0 Å². The van der Waals surface area contributed by atoms with Gasteiger partial charge in [-0.05, 0) is 69.9 Å². The Morgan fingerprint density at radius 2 is 0.988 bits per heavy atom. The van der Waals surface area contributed by atoms with Crippen molar-refractivity contribution in [2.24, 2.45) is 0 Å². The zero-order chi connectivity index (χ0) is 58.6. The van der Waals surface area contributed by atoms with Gasteiger partial charge in [0.1, 0.15) is 36.3 Å². The molecule has 0 spiro atoms. The van der Waals surface area contributed by atoms with Crippen LogP contribution in [-0.4, -0.2) is 127 Å². The highest BCUT2D eigenvalue weighted by Gasteiger charge is 2.49. The second-order valence-electron chi connectivity index (χ2n) is 23.1. The smallest absolute Gasteiger partial charge is 0.255 e. The summed E-state index contributed by atoms with van der Waals surface area (Å²) >= 11 is 0. The SMILES string of the molecule is CCCCCCCCCCCCCC[C@@H](OCCCC)[C@@H](OCCCC)[C@H](CO[C@H]1OC(COCCCC)[C@H](OCCCC)[C@H](OCCCC)C1OCCCC)NC(=O)CCCCCCCCCCCNC(=O)c1ccccc1OC. The summed E-state index contributed by atoms with van der Waals surface area (Å²) in [7, 11) is 1.59. The van der Waals surface area contributed by atoms with Crippen molar-refractivity contribution in [1.29, 1.82) is 0 Å². The molecule has 2 rings (SSSR count). The minimum atomic E-state index is -0.795. The third kappa shape index (κ3) is 35.6. The molecular weight excluding hydrogens is 1020 g/mol. The van der Waals surface area contributed by atoms with Crippen molar-refractivity contribution in [2.75, 3.05) is 66.5 Å². The molecule has 0 saturated carbocycles. The second kappa shape index (κ2) is 53.1. The third-order valence-corrected chi connectivity index (χ3v) is 15.7. The first-order valence-corrected chi connectivity index (χ1v) is 34.0. The molecule has 1 aromatic carbocycles. The molecule has 1 aromatic rings. The molecule has 1 heterocycles. The van der Waals surface area contributed by atoms with E-state index in [1.807, 2.05) is 18.2 Å². The molecule has 13 nitrogen and oxygen atoms in total. The van der Waals surface area contributed by atoms with E-state index in [1.165, 1.54) is 77.0 Å². The van der Waals surface area contributed by atoms with Crippen LogP contribution in [0.1, 0.15) is 284 Å². The minimum Gasteiger partial charge on any atom is -0.496 e. The Kier molecular flexibility index (Phi) is 49.0. The van der Waals surface area contributed by atoms with E-state index in [4.69, 9.17) is 42.6 Å². The number of methoxy groups -OCH3 is 1. The van der Waals surface area contributed by atoms with Crippen molar-refractivity contribution in [1.82, 2.24) is 10.6 Å². The number of amides is 2. The van der Waals surface area contributed by atoms with E-state index in [0.717, 1.165) is 141 Å². The van der Waals surface area contributed by atoms with Gasteiger partial charge in [0.15, 0.2) is 6.29 Å². The van der Waals surface area contributed by atoms with E-state index in [2.05, 4.69) is 59.1 Å². The van der Waals surface area contributed by atoms with Gasteiger partial charge in [-0.15, -0.1) is 0 Å². The molecule has 1 aliphatic heterocycles. The Bertz CT molecular complexity index is 1570. The molecule has 1 fully saturated rings. The van der Waals surface area contributed by atoms with Crippen LogP contribution in [0.5, 0.6) is 5.75 Å². The van der Waals surface area contributed by atoms with Gasteiger partial charge in [0.2, 0.25) is 5.91 Å². The summed E-state index contributed by atoms with van der Waals surface area (Å²) in [5.41, 5.74) is 0.571. The molecule has 81 heavy (non-hydrogen) atoms. The summed E-state index contributed by atoms with van der Waals surface area (Å²) in [6.45, 7) is 20.1. The highest BCUT2D eigenvalue weighted by atomic mass is 16.7. The second-order valence-corrected chi connectivity index (χ2v) is 23.1. The molecule has 2 N–H and O–H groups in total. The largest absolute Gasteiger partial charge is 0.496 e. The molecule has 8 atom stereocenters. The molecule has 474 valence electrons. The fourth-order valence-electron chi connectivity index (χ4n) is 10.5. The molecule has 1 saturated heterocycles. The van der Waals surface area contributed by atoms with Crippen LogP contribution in [0.15, 0.2) is 24.3 Å². The van der Waals surface area contributed by atoms with Crippen LogP contribution in [0.25, 0.3) is 0 Å². The number of hydrogen-bond acceptors (Lipinski definition) is 11. The standard InChI is InChI=1S/C68H126N2O11/c1-9-16-23-24-25-26-27-28-30-33-36-39-46-60(75-50-18-11-3)63(76-51-19-12-4)58(70-62(71)47-40-37-34-31-29-32-35-38-43-48-69-67(72)57-44-41-42-45-59(57)73-8)55-80-68-66(79-54-22-15-7)65(78-53-21-14-6)64(77-52-20-13-5)61(81-68)56-74-49-17-10-2/h41-42,44-45,58,60-61,63-66,68H,9-40,43,46-56H2,1-8H3,(H,69,72)(H,70,71)/t58-,60+,61?,63-,64-,65-,66?,68-/m0/s1. The summed E-state index contributed by atoms with van der Waals surface area (Å²) in [5.74, 6) is 0.514. The first kappa shape index (κ1) is 74.7. The summed E-state index contributed by atoms with van der Waals surface area (Å²) in [6.07, 6.45) is 34.7. The van der Waals surface area contributed by atoms with Gasteiger partial charge >= 0.3 is 0 Å². The van der Waals surface area contributed by atoms with Gasteiger partial charge < -0.3 is 53.3 Å². The lowest BCUT2D eigenvalue weighted by atomic mass is 9.97. The molecule has 0 aromatic heterocycles. The lowest BCUT2D eigenvalue weighted by Crippen LogP contribution is -2.63. The number of carbonyl (C=O) groups is 2. The summed E-state index contributed by atoms with van der Waals surface area (Å²) in [5, 5.41) is 6.54. The predicted molar refractivity (Wildman–Crippen MR) is 333 cm³/mol. The molecule has 13 heteroatoms. The fraction of sp³-hybridized carbons (Fsp3) is 0.882. The molecular formula is C68H126N2O11. The highest BCUT2D eigenvalue weighted by molar-refractivity contribution is 5.96. The van der Waals surface area contributed by atoms with Gasteiger partial charge in [-0.25, -0.2) is 0 Å². The third-order valence-electron chi connectivity index (χ3n) is 15.7. The Labute approximate surface area is 496 Å². The number of carbonyl (C=O) groups excluding carboxylic acids is 2. The molecule has 2 unspecified atom stereocenters. The van der Waals surface area contributed by atoms with Crippen LogP contribution in [0.4, 0.5) is 0 Å². The molecule has 0 aliphatic carbocycles. The van der Waals surface area contributed by atoms with Crippen molar-refractivity contribution < 1.29 is 52.2 Å². The van der Waals surface area contributed by atoms with E-state index in [9.17, 15) is 9.59 Å². The van der Waals surface area contributed by atoms with Crippen LogP contribution < -0.4 is 15.4 Å². The summed E-state index contributed by atoms with van der Waals surface area (Å²) < 4.78 is 59.9. The Morgan fingerprint density at radius 3 is 1.57 bits per heavy atom. The van der Waals surface area contributed by atoms with Crippen LogP contribution >= 0.6 is 0 Å². The van der Waals surface area contributed by atoms with E-state index in [0.29, 0.717) is 70.5 Å². The van der Waals surface area contributed by atoms with E-state index in [1.54, 1.807) is 13.2 Å². The summed E-state index contributed by atoms with van der Waals surface area (Å²) in [6, 6.07) is 6.84. The number of unbranched alkanes of at least 4 members (excludes halogenated alkanes) is 25. The zero-order valence-electron chi connectivity index (χ0n) is 53.5. The number of ether oxygens (including phenoxy) is 9. The van der Waals surface area contributed by atoms with Gasteiger partial charge in [-0.2, -0.15) is 0 Å². The maximum atomic E-state index is 14.3. The van der Waals surface area contributed by atoms with Crippen molar-refractivity contribution in [3.63, 3.8) is 0 Å². The fourth-order valence-corrected chi connectivity index (χ4v) is 10.5. The highest BCUT2D eigenvalue weighted by Crippen LogP contribution is 2.31. The monoisotopic (exact) mass is 1150 g/mol. The van der Waals surface area contributed by atoms with Crippen LogP contribution in [0.2, 0.25) is 0 Å². The first-order chi connectivity index (χ1) is 39.8. The number of rotatable bonds is 58. The molecule has 1 aliphatic rings. The van der Waals surface area contributed by atoms with Gasteiger partial charge in [0.25, 0.3) is 5.91 Å². The Balaban J connectivity index is 2.30. The molecule has 0 bridgehead atoms. The number of benzene rings is 1. The number of hydrogen-bond donors (Lipinski definition) is 2. The topological polar surface area (TPSA) is 141 Å². The molecule has 0 radical (unpaired) electrons. The van der Waals surface area contributed by atoms with Crippen molar-refractivity contribution in [2.45, 2.75) is 322 Å². The maximum absolute atomic E-state index is 14.3.